The molecule has 0 aliphatic carbocycles. The molecule has 4 heterocycles. The van der Waals surface area contributed by atoms with E-state index in [0.717, 1.165) is 66.6 Å². The summed E-state index contributed by atoms with van der Waals surface area (Å²) in [5.74, 6) is 0. The smallest absolute Gasteiger partial charge is 0.181 e. The van der Waals surface area contributed by atoms with Crippen molar-refractivity contribution in [1.29, 1.82) is 0 Å². The molecule has 0 radical (unpaired) electrons. The van der Waals surface area contributed by atoms with Gasteiger partial charge >= 0.3 is 0 Å². The van der Waals surface area contributed by atoms with Crippen LogP contribution in [0.25, 0.3) is 88.7 Å². The number of pyridine rings is 2. The summed E-state index contributed by atoms with van der Waals surface area (Å²) in [5, 5.41) is 6.75. The summed E-state index contributed by atoms with van der Waals surface area (Å²) in [6.07, 6.45) is 6.10. The van der Waals surface area contributed by atoms with E-state index < -0.39 is 0 Å². The Morgan fingerprint density at radius 1 is 0.370 bits per heavy atom. The first-order valence-corrected chi connectivity index (χ1v) is 15.0. The Morgan fingerprint density at radius 3 is 1.52 bits per heavy atom. The molecule has 46 heavy (non-hydrogen) atoms. The van der Waals surface area contributed by atoms with E-state index in [1.807, 2.05) is 24.3 Å². The maximum Gasteiger partial charge on any atom is 0.181 e. The van der Waals surface area contributed by atoms with Crippen molar-refractivity contribution in [2.45, 2.75) is 0 Å². The topological polar surface area (TPSA) is 77.8 Å². The van der Waals surface area contributed by atoms with Crippen LogP contribution >= 0.6 is 0 Å². The van der Waals surface area contributed by atoms with Crippen molar-refractivity contribution in [3.63, 3.8) is 0 Å². The molecule has 9 aromatic rings. The number of benzene rings is 5. The highest BCUT2D eigenvalue weighted by Crippen LogP contribution is 2.44. The second kappa shape index (κ2) is 10.6. The maximum atomic E-state index is 5.28. The monoisotopic (exact) mass is 592 g/mol. The van der Waals surface area contributed by atoms with Crippen LogP contribution in [0.1, 0.15) is 0 Å². The summed E-state index contributed by atoms with van der Waals surface area (Å²) >= 11 is 0. The predicted molar refractivity (Wildman–Crippen MR) is 182 cm³/mol. The Bertz CT molecular complexity index is 2540. The first kappa shape index (κ1) is 26.0. The number of hydrogen-bond acceptors (Lipinski definition) is 6. The molecular formula is C40H24N4O2. The third-order valence-corrected chi connectivity index (χ3v) is 8.51. The van der Waals surface area contributed by atoms with Gasteiger partial charge in [-0.25, -0.2) is 19.9 Å². The highest BCUT2D eigenvalue weighted by molar-refractivity contribution is 6.21. The average molecular weight is 593 g/mol. The Hall–Kier alpha value is -6.40. The lowest BCUT2D eigenvalue weighted by Crippen LogP contribution is -1.96. The highest BCUT2D eigenvalue weighted by atomic mass is 16.3. The molecule has 0 atom stereocenters. The highest BCUT2D eigenvalue weighted by Gasteiger charge is 2.20. The normalized spacial score (nSPS) is 11.5. The third-order valence-electron chi connectivity index (χ3n) is 8.51. The van der Waals surface area contributed by atoms with E-state index in [0.29, 0.717) is 11.4 Å². The van der Waals surface area contributed by atoms with Crippen LogP contribution in [-0.4, -0.2) is 19.9 Å². The Kier molecular flexibility index (Phi) is 6.03. The Morgan fingerprint density at radius 2 is 0.891 bits per heavy atom. The van der Waals surface area contributed by atoms with Gasteiger partial charge in [-0.2, -0.15) is 0 Å². The molecule has 0 N–H and O–H groups in total. The molecule has 0 amide bonds. The zero-order valence-corrected chi connectivity index (χ0v) is 24.5. The minimum atomic E-state index is 0.692. The van der Waals surface area contributed by atoms with Gasteiger partial charge in [0.25, 0.3) is 0 Å². The molecule has 0 bridgehead atoms. The van der Waals surface area contributed by atoms with Gasteiger partial charge in [-0.05, 0) is 79.8 Å². The number of fused-ring (bicyclic) bond motifs is 3. The van der Waals surface area contributed by atoms with Gasteiger partial charge in [-0.15, -0.1) is 0 Å². The standard InChI is InChI=1S/C40H24N4O2/c1-2-8-26-19-27(16-15-25(26)7-1)28-17-18-31-32(20-28)40(36-14-6-12-34(44-36)38-22-46-24-42-38)30-10-4-3-9-29(30)39(31)35-13-5-11-33(43-35)37-21-45-23-41-37/h1-24H. The van der Waals surface area contributed by atoms with Crippen LogP contribution in [0.5, 0.6) is 0 Å². The van der Waals surface area contributed by atoms with E-state index >= 15 is 0 Å². The second-order valence-corrected chi connectivity index (χ2v) is 11.2. The molecule has 0 spiro atoms. The van der Waals surface area contributed by atoms with E-state index in [-0.39, 0.29) is 0 Å². The minimum absolute atomic E-state index is 0.692. The molecule has 0 unspecified atom stereocenters. The summed E-state index contributed by atoms with van der Waals surface area (Å²) in [5.41, 5.74) is 8.98. The lowest BCUT2D eigenvalue weighted by Gasteiger charge is -2.18. The maximum absolute atomic E-state index is 5.28. The number of aromatic nitrogens is 4. The van der Waals surface area contributed by atoms with Crippen LogP contribution in [0.15, 0.2) is 155 Å². The molecule has 9 rings (SSSR count). The quantitative estimate of drug-likeness (QED) is 0.185. The van der Waals surface area contributed by atoms with Crippen LogP contribution in [0, 0.1) is 0 Å². The van der Waals surface area contributed by atoms with Gasteiger partial charge in [-0.1, -0.05) is 84.9 Å². The molecule has 0 saturated heterocycles. The lowest BCUT2D eigenvalue weighted by molar-refractivity contribution is 0.558. The van der Waals surface area contributed by atoms with Gasteiger partial charge in [0.1, 0.15) is 23.9 Å². The SMILES string of the molecule is c1cc(-c2cocn2)nc(-c2c3ccccc3c(-c3cccc(-c4cocn4)n3)c3cc(-c4ccc5ccccc5c4)ccc23)c1. The zero-order chi connectivity index (χ0) is 30.5. The largest absolute Gasteiger partial charge is 0.451 e. The lowest BCUT2D eigenvalue weighted by atomic mass is 9.87. The summed E-state index contributed by atoms with van der Waals surface area (Å²) < 4.78 is 10.6. The molecule has 6 nitrogen and oxygen atoms in total. The van der Waals surface area contributed by atoms with Gasteiger partial charge in [0.05, 0.1) is 22.8 Å². The summed E-state index contributed by atoms with van der Waals surface area (Å²) in [6, 6.07) is 42.4. The van der Waals surface area contributed by atoms with Crippen molar-refractivity contribution in [2.75, 3.05) is 0 Å². The van der Waals surface area contributed by atoms with Crippen LogP contribution < -0.4 is 0 Å². The van der Waals surface area contributed by atoms with Crippen molar-refractivity contribution in [3.8, 4) is 56.4 Å². The number of hydrogen-bond donors (Lipinski definition) is 0. The van der Waals surface area contributed by atoms with E-state index in [2.05, 4.69) is 107 Å². The van der Waals surface area contributed by atoms with Crippen molar-refractivity contribution in [1.82, 2.24) is 19.9 Å². The molecule has 4 aromatic heterocycles. The molecule has 5 aromatic carbocycles. The molecule has 0 saturated carbocycles. The summed E-state index contributed by atoms with van der Waals surface area (Å²) in [7, 11) is 0. The molecule has 0 fully saturated rings. The number of oxazole rings is 2. The van der Waals surface area contributed by atoms with Gasteiger partial charge in [-0.3, -0.25) is 0 Å². The van der Waals surface area contributed by atoms with Crippen LogP contribution in [0.4, 0.5) is 0 Å². The molecule has 216 valence electrons. The summed E-state index contributed by atoms with van der Waals surface area (Å²) in [4.78, 5) is 18.9. The fraction of sp³-hybridized carbons (Fsp3) is 0. The van der Waals surface area contributed by atoms with Crippen molar-refractivity contribution in [2.24, 2.45) is 0 Å². The fourth-order valence-corrected chi connectivity index (χ4v) is 6.39. The van der Waals surface area contributed by atoms with E-state index in [4.69, 9.17) is 18.8 Å². The zero-order valence-electron chi connectivity index (χ0n) is 24.5. The van der Waals surface area contributed by atoms with Crippen molar-refractivity contribution >= 4 is 32.3 Å². The van der Waals surface area contributed by atoms with E-state index in [9.17, 15) is 0 Å². The predicted octanol–water partition coefficient (Wildman–Crippen LogP) is 10.2. The van der Waals surface area contributed by atoms with Gasteiger partial charge in [0.2, 0.25) is 0 Å². The molecular weight excluding hydrogens is 568 g/mol. The molecule has 6 heteroatoms. The first-order chi connectivity index (χ1) is 22.8. The van der Waals surface area contributed by atoms with Gasteiger partial charge in [0.15, 0.2) is 12.8 Å². The van der Waals surface area contributed by atoms with Crippen LogP contribution in [-0.2, 0) is 0 Å². The Balaban J connectivity index is 1.36. The second-order valence-electron chi connectivity index (χ2n) is 11.2. The minimum Gasteiger partial charge on any atom is -0.451 e. The third kappa shape index (κ3) is 4.35. The van der Waals surface area contributed by atoms with E-state index in [1.165, 1.54) is 23.6 Å². The number of nitrogens with zero attached hydrogens (tertiary/aromatic N) is 4. The number of rotatable bonds is 5. The van der Waals surface area contributed by atoms with Crippen molar-refractivity contribution in [3.05, 3.63) is 147 Å². The Labute approximate surface area is 263 Å². The molecule has 0 aliphatic heterocycles. The average Bonchev–Trinajstić information content (AvgIpc) is 3.86. The fourth-order valence-electron chi connectivity index (χ4n) is 6.39. The van der Waals surface area contributed by atoms with E-state index in [1.54, 1.807) is 12.5 Å². The summed E-state index contributed by atoms with van der Waals surface area (Å²) in [6.45, 7) is 0. The van der Waals surface area contributed by atoms with Crippen LogP contribution in [0.3, 0.4) is 0 Å². The van der Waals surface area contributed by atoms with Crippen LogP contribution in [0.2, 0.25) is 0 Å². The molecule has 0 aliphatic rings. The van der Waals surface area contributed by atoms with Gasteiger partial charge in [0, 0.05) is 11.1 Å². The first-order valence-electron chi connectivity index (χ1n) is 15.0. The van der Waals surface area contributed by atoms with Crippen molar-refractivity contribution < 1.29 is 8.83 Å². The van der Waals surface area contributed by atoms with Gasteiger partial charge < -0.3 is 8.83 Å².